The predicted octanol–water partition coefficient (Wildman–Crippen LogP) is 5.82. The third kappa shape index (κ3) is 8.27. The highest BCUT2D eigenvalue weighted by Crippen LogP contribution is 2.33. The minimum Gasteiger partial charge on any atom is -0.492 e. The molecule has 0 saturated heterocycles. The number of ether oxygens (including phenoxy) is 1. The second kappa shape index (κ2) is 15.5. The van der Waals surface area contributed by atoms with Gasteiger partial charge in [-0.25, -0.2) is 8.42 Å². The Balaban J connectivity index is 1.82. The number of nitrogens with one attached hydrogen (secondary N) is 1. The quantitative estimate of drug-likeness (QED) is 0.182. The van der Waals surface area contributed by atoms with Crippen LogP contribution in [-0.4, -0.2) is 50.9 Å². The van der Waals surface area contributed by atoms with Crippen LogP contribution in [0.5, 0.6) is 5.75 Å². The van der Waals surface area contributed by atoms with E-state index >= 15 is 0 Å². The zero-order valence-corrected chi connectivity index (χ0v) is 27.1. The number of benzene rings is 4. The molecule has 0 aliphatic carbocycles. The predicted molar refractivity (Wildman–Crippen MR) is 176 cm³/mol. The van der Waals surface area contributed by atoms with E-state index < -0.39 is 28.5 Å². The molecular weight excluding hydrogens is 642 g/mol. The Morgan fingerprint density at radius 1 is 0.818 bits per heavy atom. The van der Waals surface area contributed by atoms with Gasteiger partial charge in [0.05, 0.1) is 17.2 Å². The summed E-state index contributed by atoms with van der Waals surface area (Å²) in [4.78, 5) is 29.6. The molecule has 2 amide bonds. The van der Waals surface area contributed by atoms with Crippen LogP contribution < -0.4 is 14.4 Å². The Morgan fingerprint density at radius 2 is 1.43 bits per heavy atom. The van der Waals surface area contributed by atoms with Crippen LogP contribution in [0.4, 0.5) is 5.69 Å². The number of nitrogens with zero attached hydrogens (tertiary/aromatic N) is 2. The third-order valence-electron chi connectivity index (χ3n) is 6.93. The number of sulfonamides is 1. The summed E-state index contributed by atoms with van der Waals surface area (Å²) in [6.07, 6.45) is 0.246. The van der Waals surface area contributed by atoms with E-state index in [0.717, 1.165) is 19.9 Å². The number of anilines is 1. The second-order valence-electron chi connectivity index (χ2n) is 9.97. The maximum atomic E-state index is 14.5. The van der Waals surface area contributed by atoms with Gasteiger partial charge in [0.2, 0.25) is 11.8 Å². The van der Waals surface area contributed by atoms with Crippen LogP contribution in [0.25, 0.3) is 0 Å². The van der Waals surface area contributed by atoms with Crippen LogP contribution in [-0.2, 0) is 32.6 Å². The molecule has 0 aliphatic heterocycles. The number of amides is 2. The molecule has 0 aromatic heterocycles. The molecule has 0 heterocycles. The van der Waals surface area contributed by atoms with Gasteiger partial charge in [-0.1, -0.05) is 88.7 Å². The van der Waals surface area contributed by atoms with Crippen LogP contribution >= 0.6 is 15.9 Å². The van der Waals surface area contributed by atoms with E-state index in [1.54, 1.807) is 49.4 Å². The number of rotatable bonds is 14. The number of halogens is 1. The first-order valence-electron chi connectivity index (χ1n) is 14.4. The van der Waals surface area contributed by atoms with Gasteiger partial charge in [0.1, 0.15) is 18.3 Å². The molecule has 0 radical (unpaired) electrons. The van der Waals surface area contributed by atoms with E-state index in [4.69, 9.17) is 4.74 Å². The number of likely N-dealkylation sites (N-methyl/N-ethyl adjacent to an activating group) is 1. The molecule has 44 heavy (non-hydrogen) atoms. The molecule has 0 aliphatic rings. The van der Waals surface area contributed by atoms with E-state index in [9.17, 15) is 18.0 Å². The zero-order valence-electron chi connectivity index (χ0n) is 24.7. The summed E-state index contributed by atoms with van der Waals surface area (Å²) >= 11 is 3.45. The monoisotopic (exact) mass is 677 g/mol. The Kier molecular flexibility index (Phi) is 11.6. The molecule has 1 N–H and O–H groups in total. The van der Waals surface area contributed by atoms with Crippen molar-refractivity contribution in [2.75, 3.05) is 24.0 Å². The van der Waals surface area contributed by atoms with Crippen LogP contribution in [0.3, 0.4) is 0 Å². The van der Waals surface area contributed by atoms with Crippen molar-refractivity contribution < 1.29 is 22.7 Å². The van der Waals surface area contributed by atoms with Crippen molar-refractivity contribution in [3.63, 3.8) is 0 Å². The zero-order chi connectivity index (χ0) is 31.5. The Morgan fingerprint density at radius 3 is 2.07 bits per heavy atom. The van der Waals surface area contributed by atoms with Gasteiger partial charge < -0.3 is 15.0 Å². The lowest BCUT2D eigenvalue weighted by molar-refractivity contribution is -0.140. The lowest BCUT2D eigenvalue weighted by atomic mass is 10.0. The maximum absolute atomic E-state index is 14.5. The topological polar surface area (TPSA) is 96.0 Å². The normalized spacial score (nSPS) is 11.8. The summed E-state index contributed by atoms with van der Waals surface area (Å²) in [6, 6.07) is 30.7. The summed E-state index contributed by atoms with van der Waals surface area (Å²) in [5.41, 5.74) is 1.89. The Bertz CT molecular complexity index is 1630. The van der Waals surface area contributed by atoms with Crippen molar-refractivity contribution in [3.8, 4) is 5.75 Å². The number of para-hydroxylation sites is 2. The first-order chi connectivity index (χ1) is 21.2. The molecule has 8 nitrogen and oxygen atoms in total. The summed E-state index contributed by atoms with van der Waals surface area (Å²) in [5.74, 6) is -0.536. The average Bonchev–Trinajstić information content (AvgIpc) is 3.04. The first-order valence-corrected chi connectivity index (χ1v) is 16.6. The average molecular weight is 679 g/mol. The molecule has 4 aromatic rings. The van der Waals surface area contributed by atoms with Crippen molar-refractivity contribution in [2.24, 2.45) is 0 Å². The van der Waals surface area contributed by atoms with E-state index in [1.807, 2.05) is 61.5 Å². The molecule has 1 atom stereocenters. The minimum atomic E-state index is -4.22. The Labute approximate surface area is 267 Å². The minimum absolute atomic E-state index is 0.0307. The smallest absolute Gasteiger partial charge is 0.264 e. The highest BCUT2D eigenvalue weighted by molar-refractivity contribution is 9.10. The molecule has 0 unspecified atom stereocenters. The second-order valence-corrected chi connectivity index (χ2v) is 12.8. The number of hydrogen-bond donors (Lipinski definition) is 1. The molecule has 0 fully saturated rings. The lowest BCUT2D eigenvalue weighted by Gasteiger charge is -2.34. The van der Waals surface area contributed by atoms with Crippen molar-refractivity contribution in [2.45, 2.75) is 37.8 Å². The molecule has 10 heteroatoms. The molecule has 0 saturated carbocycles. The van der Waals surface area contributed by atoms with E-state index in [1.165, 1.54) is 17.0 Å². The van der Waals surface area contributed by atoms with Gasteiger partial charge in [-0.3, -0.25) is 13.9 Å². The van der Waals surface area contributed by atoms with Crippen LogP contribution in [0, 0.1) is 0 Å². The van der Waals surface area contributed by atoms with Gasteiger partial charge in [0.25, 0.3) is 10.0 Å². The molecule has 4 rings (SSSR count). The van der Waals surface area contributed by atoms with Gasteiger partial charge in [0, 0.05) is 24.0 Å². The molecule has 0 spiro atoms. The van der Waals surface area contributed by atoms with Crippen molar-refractivity contribution in [3.05, 3.63) is 125 Å². The van der Waals surface area contributed by atoms with Gasteiger partial charge >= 0.3 is 0 Å². The third-order valence-corrected chi connectivity index (χ3v) is 9.23. The number of carbonyl (C=O) groups excluding carboxylic acids is 2. The lowest BCUT2D eigenvalue weighted by Crippen LogP contribution is -2.53. The van der Waals surface area contributed by atoms with Gasteiger partial charge in [-0.2, -0.15) is 0 Å². The van der Waals surface area contributed by atoms with Gasteiger partial charge in [-0.05, 0) is 61.4 Å². The standard InChI is InChI=1S/C34H36BrN3O5S/c1-3-36-34(40)31(23-26-13-7-5-8-14-26)37(24-27-19-21-28(35)22-20-27)33(39)25-38(30-17-11-12-18-32(30)43-4-2)44(41,42)29-15-9-6-10-16-29/h5-22,31H,3-4,23-25H2,1-2H3,(H,36,40)/t31-/m1/s1. The molecule has 0 bridgehead atoms. The van der Waals surface area contributed by atoms with E-state index in [0.29, 0.717) is 18.9 Å². The van der Waals surface area contributed by atoms with E-state index in [-0.39, 0.29) is 29.5 Å². The maximum Gasteiger partial charge on any atom is 0.264 e. The molecule has 230 valence electrons. The van der Waals surface area contributed by atoms with Crippen LogP contribution in [0.15, 0.2) is 119 Å². The van der Waals surface area contributed by atoms with Crippen LogP contribution in [0.2, 0.25) is 0 Å². The summed E-state index contributed by atoms with van der Waals surface area (Å²) in [7, 11) is -4.22. The highest BCUT2D eigenvalue weighted by atomic mass is 79.9. The van der Waals surface area contributed by atoms with Crippen molar-refractivity contribution in [1.82, 2.24) is 10.2 Å². The van der Waals surface area contributed by atoms with Gasteiger partial charge in [-0.15, -0.1) is 0 Å². The first kappa shape index (κ1) is 32.8. The Hall–Kier alpha value is -4.15. The fourth-order valence-electron chi connectivity index (χ4n) is 4.81. The SMILES string of the molecule is CCNC(=O)[C@@H](Cc1ccccc1)N(Cc1ccc(Br)cc1)C(=O)CN(c1ccccc1OCC)S(=O)(=O)c1ccccc1. The summed E-state index contributed by atoms with van der Waals surface area (Å²) in [5, 5.41) is 2.87. The largest absolute Gasteiger partial charge is 0.492 e. The van der Waals surface area contributed by atoms with Crippen molar-refractivity contribution in [1.29, 1.82) is 0 Å². The van der Waals surface area contributed by atoms with E-state index in [2.05, 4.69) is 21.2 Å². The molecular formula is C34H36BrN3O5S. The summed E-state index contributed by atoms with van der Waals surface area (Å²) < 4.78 is 36.0. The van der Waals surface area contributed by atoms with Gasteiger partial charge in [0.15, 0.2) is 0 Å². The fraction of sp³-hybridized carbons (Fsp3) is 0.235. The van der Waals surface area contributed by atoms with Crippen LogP contribution in [0.1, 0.15) is 25.0 Å². The van der Waals surface area contributed by atoms with Crippen molar-refractivity contribution >= 4 is 43.5 Å². The number of carbonyl (C=O) groups is 2. The number of hydrogen-bond acceptors (Lipinski definition) is 5. The fourth-order valence-corrected chi connectivity index (χ4v) is 6.52. The summed E-state index contributed by atoms with van der Waals surface area (Å²) in [6.45, 7) is 3.84. The highest BCUT2D eigenvalue weighted by Gasteiger charge is 2.35. The molecule has 4 aromatic carbocycles.